The van der Waals surface area contributed by atoms with E-state index in [1.165, 1.54) is 4.90 Å². The van der Waals surface area contributed by atoms with Crippen LogP contribution in [0.15, 0.2) is 30.8 Å². The minimum atomic E-state index is -1.00. The molecule has 0 fully saturated rings. The number of carbonyl (C=O) groups excluding carboxylic acids is 3. The number of nitrogens with one attached hydrogen (secondary N) is 2. The summed E-state index contributed by atoms with van der Waals surface area (Å²) in [6, 6.07) is 5.20. The van der Waals surface area contributed by atoms with Gasteiger partial charge in [-0.3, -0.25) is 9.59 Å². The molecule has 8 heteroatoms. The van der Waals surface area contributed by atoms with Crippen LogP contribution in [0.4, 0.5) is 4.79 Å². The number of nitrogens with zero attached hydrogens (tertiary/aromatic N) is 1. The molecule has 0 aliphatic rings. The number of hydrogen-bond acceptors (Lipinski definition) is 5. The van der Waals surface area contributed by atoms with Gasteiger partial charge in [0.05, 0.1) is 6.61 Å². The molecule has 1 aromatic carbocycles. The van der Waals surface area contributed by atoms with Crippen molar-refractivity contribution in [3.63, 3.8) is 0 Å². The molecule has 0 saturated carbocycles. The van der Waals surface area contributed by atoms with Crippen LogP contribution in [0.3, 0.4) is 0 Å². The summed E-state index contributed by atoms with van der Waals surface area (Å²) in [5.74, 6) is -1.05. The molecule has 0 aliphatic carbocycles. The number of aliphatic hydroxyl groups is 1. The molecule has 0 aliphatic heterocycles. The van der Waals surface area contributed by atoms with Gasteiger partial charge in [-0.15, -0.1) is 0 Å². The second-order valence-corrected chi connectivity index (χ2v) is 10.2. The van der Waals surface area contributed by atoms with Crippen molar-refractivity contribution in [3.05, 3.63) is 42.0 Å². The summed E-state index contributed by atoms with van der Waals surface area (Å²) in [6.07, 6.45) is 3.25. The van der Waals surface area contributed by atoms with E-state index < -0.39 is 29.7 Å². The highest BCUT2D eigenvalue weighted by Crippen LogP contribution is 2.26. The van der Waals surface area contributed by atoms with Crippen LogP contribution in [-0.4, -0.2) is 58.8 Å². The highest BCUT2D eigenvalue weighted by atomic mass is 16.6. The van der Waals surface area contributed by atoms with Crippen molar-refractivity contribution in [2.24, 2.45) is 5.92 Å². The lowest BCUT2D eigenvalue weighted by atomic mass is 9.95. The van der Waals surface area contributed by atoms with Gasteiger partial charge in [0, 0.05) is 12.6 Å². The Hall–Kier alpha value is -2.87. The van der Waals surface area contributed by atoms with Gasteiger partial charge in [0.1, 0.15) is 17.7 Å². The Labute approximate surface area is 216 Å². The third-order valence-corrected chi connectivity index (χ3v) is 5.91. The maximum absolute atomic E-state index is 14.0. The lowest BCUT2D eigenvalue weighted by Crippen LogP contribution is -2.56. The van der Waals surface area contributed by atoms with Gasteiger partial charge in [0.2, 0.25) is 11.8 Å². The normalized spacial score (nSPS) is 14.7. The Kier molecular flexibility index (Phi) is 12.7. The average Bonchev–Trinajstić information content (AvgIpc) is 2.80. The van der Waals surface area contributed by atoms with Crippen molar-refractivity contribution in [2.45, 2.75) is 91.5 Å². The number of rotatable bonds is 13. The van der Waals surface area contributed by atoms with E-state index in [1.54, 1.807) is 45.0 Å². The van der Waals surface area contributed by atoms with Crippen LogP contribution in [-0.2, 0) is 14.3 Å². The number of hydrogen-bond donors (Lipinski definition) is 3. The van der Waals surface area contributed by atoms with E-state index in [2.05, 4.69) is 17.2 Å². The molecule has 202 valence electrons. The minimum absolute atomic E-state index is 0.0830. The molecule has 0 heterocycles. The van der Waals surface area contributed by atoms with Crippen molar-refractivity contribution in [3.8, 4) is 0 Å². The first-order chi connectivity index (χ1) is 16.9. The summed E-state index contributed by atoms with van der Waals surface area (Å²) >= 11 is 0. The zero-order valence-electron chi connectivity index (χ0n) is 23.0. The van der Waals surface area contributed by atoms with Gasteiger partial charge in [0.15, 0.2) is 0 Å². The SMILES string of the molecule is C=Cc1cccc(C(C(=O)NC(C)CCC)N(CCO)C(=O)C(NC(=O)OC(C)(C)C)C(C)CC)c1. The summed E-state index contributed by atoms with van der Waals surface area (Å²) in [6.45, 7) is 16.3. The summed E-state index contributed by atoms with van der Waals surface area (Å²) in [4.78, 5) is 41.5. The van der Waals surface area contributed by atoms with Crippen LogP contribution in [0.25, 0.3) is 6.08 Å². The third kappa shape index (κ3) is 9.64. The van der Waals surface area contributed by atoms with Gasteiger partial charge in [0.25, 0.3) is 0 Å². The molecule has 1 aromatic rings. The Bertz CT molecular complexity index is 880. The first-order valence-corrected chi connectivity index (χ1v) is 12.8. The zero-order chi connectivity index (χ0) is 27.5. The molecular formula is C28H45N3O5. The zero-order valence-corrected chi connectivity index (χ0v) is 23.0. The second-order valence-electron chi connectivity index (χ2n) is 10.2. The fourth-order valence-electron chi connectivity index (χ4n) is 3.93. The van der Waals surface area contributed by atoms with Crippen molar-refractivity contribution in [2.75, 3.05) is 13.2 Å². The molecule has 3 amide bonds. The van der Waals surface area contributed by atoms with E-state index in [9.17, 15) is 19.5 Å². The smallest absolute Gasteiger partial charge is 0.408 e. The maximum Gasteiger partial charge on any atom is 0.408 e. The van der Waals surface area contributed by atoms with Gasteiger partial charge >= 0.3 is 6.09 Å². The van der Waals surface area contributed by atoms with E-state index in [4.69, 9.17) is 4.74 Å². The number of ether oxygens (including phenoxy) is 1. The van der Waals surface area contributed by atoms with Gasteiger partial charge in [-0.1, -0.05) is 64.5 Å². The fourth-order valence-corrected chi connectivity index (χ4v) is 3.93. The first kappa shape index (κ1) is 31.2. The Balaban J connectivity index is 3.51. The number of benzene rings is 1. The van der Waals surface area contributed by atoms with Crippen LogP contribution in [0.5, 0.6) is 0 Å². The third-order valence-electron chi connectivity index (χ3n) is 5.91. The van der Waals surface area contributed by atoms with Crippen molar-refractivity contribution >= 4 is 24.0 Å². The summed E-state index contributed by atoms with van der Waals surface area (Å²) in [5, 5.41) is 15.6. The van der Waals surface area contributed by atoms with E-state index in [1.807, 2.05) is 33.8 Å². The topological polar surface area (TPSA) is 108 Å². The van der Waals surface area contributed by atoms with Gasteiger partial charge in [-0.25, -0.2) is 4.79 Å². The Morgan fingerprint density at radius 2 is 1.83 bits per heavy atom. The lowest BCUT2D eigenvalue weighted by molar-refractivity contribution is -0.144. The highest BCUT2D eigenvalue weighted by Gasteiger charge is 2.38. The maximum atomic E-state index is 14.0. The summed E-state index contributed by atoms with van der Waals surface area (Å²) in [7, 11) is 0. The van der Waals surface area contributed by atoms with Crippen LogP contribution < -0.4 is 10.6 Å². The quantitative estimate of drug-likeness (QED) is 0.369. The predicted octanol–water partition coefficient (Wildman–Crippen LogP) is 4.44. The van der Waals surface area contributed by atoms with Gasteiger partial charge in [-0.05, 0) is 57.2 Å². The molecular weight excluding hydrogens is 458 g/mol. The average molecular weight is 504 g/mol. The van der Waals surface area contributed by atoms with Gasteiger partial charge in [-0.2, -0.15) is 0 Å². The van der Waals surface area contributed by atoms with Crippen molar-refractivity contribution < 1.29 is 24.2 Å². The molecule has 1 rings (SSSR count). The van der Waals surface area contributed by atoms with E-state index in [-0.39, 0.29) is 31.0 Å². The molecule has 36 heavy (non-hydrogen) atoms. The number of amides is 3. The Morgan fingerprint density at radius 3 is 2.36 bits per heavy atom. The van der Waals surface area contributed by atoms with Crippen LogP contribution in [0.1, 0.15) is 84.9 Å². The molecule has 8 nitrogen and oxygen atoms in total. The molecule has 0 saturated heterocycles. The lowest BCUT2D eigenvalue weighted by Gasteiger charge is -2.36. The number of carbonyl (C=O) groups is 3. The van der Waals surface area contributed by atoms with E-state index >= 15 is 0 Å². The second kappa shape index (κ2) is 14.6. The van der Waals surface area contributed by atoms with E-state index in [0.717, 1.165) is 18.4 Å². The largest absolute Gasteiger partial charge is 0.444 e. The number of aliphatic hydroxyl groups excluding tert-OH is 1. The number of alkyl carbamates (subject to hydrolysis) is 1. The summed E-state index contributed by atoms with van der Waals surface area (Å²) < 4.78 is 5.39. The molecule has 4 atom stereocenters. The predicted molar refractivity (Wildman–Crippen MR) is 143 cm³/mol. The fraction of sp³-hybridized carbons (Fsp3) is 0.607. The van der Waals surface area contributed by atoms with Crippen LogP contribution in [0.2, 0.25) is 0 Å². The van der Waals surface area contributed by atoms with Crippen LogP contribution in [0, 0.1) is 5.92 Å². The molecule has 0 radical (unpaired) electrons. The van der Waals surface area contributed by atoms with Crippen molar-refractivity contribution in [1.29, 1.82) is 0 Å². The molecule has 3 N–H and O–H groups in total. The van der Waals surface area contributed by atoms with E-state index in [0.29, 0.717) is 12.0 Å². The Morgan fingerprint density at radius 1 is 1.17 bits per heavy atom. The molecule has 0 aromatic heterocycles. The molecule has 0 spiro atoms. The van der Waals surface area contributed by atoms with Crippen molar-refractivity contribution in [1.82, 2.24) is 15.5 Å². The first-order valence-electron chi connectivity index (χ1n) is 12.8. The highest BCUT2D eigenvalue weighted by molar-refractivity contribution is 5.92. The van der Waals surface area contributed by atoms with Crippen LogP contribution >= 0.6 is 0 Å². The molecule has 4 unspecified atom stereocenters. The standard InChI is InChI=1S/C28H45N3O5/c1-9-13-20(5)29-25(33)24(22-15-12-14-21(11-3)18-22)31(16-17-32)26(34)23(19(4)10-2)30-27(35)36-28(6,7)8/h11-12,14-15,18-20,23-24,32H,3,9-10,13,16-17H2,1-2,4-8H3,(H,29,33)(H,30,35). The monoisotopic (exact) mass is 503 g/mol. The summed E-state index contributed by atoms with van der Waals surface area (Å²) in [5.41, 5.74) is 0.658. The van der Waals surface area contributed by atoms with Gasteiger partial charge < -0.3 is 25.4 Å². The minimum Gasteiger partial charge on any atom is -0.444 e. The molecule has 0 bridgehead atoms.